The Morgan fingerprint density at radius 2 is 1.78 bits per heavy atom. The Kier molecular flexibility index (Phi) is 4.60. The third-order valence-electron chi connectivity index (χ3n) is 8.74. The topological polar surface area (TPSA) is 78.9 Å². The van der Waals surface area contributed by atoms with E-state index in [0.717, 1.165) is 25.7 Å². The SMILES string of the molecule is CC(=O)Oc1ccc2c(c1)CC[C@@H]1[C@@H]2CC[C@@]2(C)[C@]13C=C[C@]2(OC(C)=O)[C@@H](OC(C)=O)C3. The molecule has 1 aromatic rings. The molecule has 0 heterocycles. The highest BCUT2D eigenvalue weighted by Crippen LogP contribution is 2.76. The summed E-state index contributed by atoms with van der Waals surface area (Å²) in [4.78, 5) is 35.5. The molecule has 0 aliphatic heterocycles. The maximum atomic E-state index is 12.2. The second-order valence-electron chi connectivity index (χ2n) is 10.1. The molecule has 4 aliphatic carbocycles. The lowest BCUT2D eigenvalue weighted by Gasteiger charge is -2.56. The van der Waals surface area contributed by atoms with Crippen molar-refractivity contribution in [2.45, 2.75) is 77.4 Å². The molecule has 6 heteroatoms. The maximum Gasteiger partial charge on any atom is 0.308 e. The third-order valence-corrected chi connectivity index (χ3v) is 8.74. The van der Waals surface area contributed by atoms with Crippen LogP contribution in [0.2, 0.25) is 0 Å². The van der Waals surface area contributed by atoms with E-state index >= 15 is 0 Å². The van der Waals surface area contributed by atoms with Gasteiger partial charge in [0.15, 0.2) is 5.60 Å². The number of hydrogen-bond donors (Lipinski definition) is 0. The summed E-state index contributed by atoms with van der Waals surface area (Å²) in [6.45, 7) is 6.48. The fraction of sp³-hybridized carbons (Fsp3) is 0.577. The zero-order chi connectivity index (χ0) is 22.9. The number of ether oxygens (including phenoxy) is 3. The summed E-state index contributed by atoms with van der Waals surface area (Å²) in [5.41, 5.74) is 1.14. The second-order valence-corrected chi connectivity index (χ2v) is 10.1. The van der Waals surface area contributed by atoms with Crippen LogP contribution in [0.1, 0.15) is 70.4 Å². The van der Waals surface area contributed by atoms with Crippen molar-refractivity contribution >= 4 is 17.9 Å². The minimum atomic E-state index is -0.908. The molecule has 0 spiro atoms. The summed E-state index contributed by atoms with van der Waals surface area (Å²) in [5, 5.41) is 0. The minimum absolute atomic E-state index is 0.197. The van der Waals surface area contributed by atoms with Crippen molar-refractivity contribution in [1.29, 1.82) is 0 Å². The molecule has 0 aromatic heterocycles. The molecule has 2 fully saturated rings. The molecular weight excluding hydrogens is 408 g/mol. The van der Waals surface area contributed by atoms with Crippen LogP contribution in [-0.4, -0.2) is 29.6 Å². The first-order valence-electron chi connectivity index (χ1n) is 11.5. The van der Waals surface area contributed by atoms with Crippen LogP contribution < -0.4 is 4.74 Å². The highest BCUT2D eigenvalue weighted by Gasteiger charge is 2.77. The number of aryl methyl sites for hydroxylation is 1. The summed E-state index contributed by atoms with van der Waals surface area (Å²) in [5.74, 6) is 0.322. The van der Waals surface area contributed by atoms with Gasteiger partial charge in [-0.05, 0) is 73.3 Å². The molecule has 1 aromatic carbocycles. The first-order chi connectivity index (χ1) is 15.1. The van der Waals surface area contributed by atoms with Gasteiger partial charge in [-0.25, -0.2) is 0 Å². The van der Waals surface area contributed by atoms with Crippen LogP contribution in [0.5, 0.6) is 5.75 Å². The van der Waals surface area contributed by atoms with E-state index in [1.807, 2.05) is 18.2 Å². The predicted molar refractivity (Wildman–Crippen MR) is 116 cm³/mol. The van der Waals surface area contributed by atoms with E-state index in [2.05, 4.69) is 19.1 Å². The second kappa shape index (κ2) is 6.93. The fourth-order valence-electron chi connectivity index (χ4n) is 7.65. The van der Waals surface area contributed by atoms with Gasteiger partial charge in [0.2, 0.25) is 0 Å². The molecular formula is C26H30O6. The molecule has 0 N–H and O–H groups in total. The van der Waals surface area contributed by atoms with Gasteiger partial charge in [0.1, 0.15) is 11.9 Å². The smallest absolute Gasteiger partial charge is 0.308 e. The maximum absolute atomic E-state index is 12.2. The lowest BCUT2D eigenvalue weighted by atomic mass is 9.48. The first kappa shape index (κ1) is 21.2. The van der Waals surface area contributed by atoms with Gasteiger partial charge in [0.05, 0.1) is 0 Å². The van der Waals surface area contributed by atoms with E-state index in [1.54, 1.807) is 0 Å². The number of rotatable bonds is 3. The van der Waals surface area contributed by atoms with Crippen LogP contribution in [0.15, 0.2) is 30.4 Å². The molecule has 2 bridgehead atoms. The highest BCUT2D eigenvalue weighted by atomic mass is 16.6. The van der Waals surface area contributed by atoms with Gasteiger partial charge in [-0.1, -0.05) is 19.1 Å². The highest BCUT2D eigenvalue weighted by molar-refractivity contribution is 5.70. The van der Waals surface area contributed by atoms with E-state index in [9.17, 15) is 14.4 Å². The van der Waals surface area contributed by atoms with Crippen LogP contribution in [0.3, 0.4) is 0 Å². The molecule has 2 saturated carbocycles. The van der Waals surface area contributed by atoms with Crippen molar-refractivity contribution in [2.75, 3.05) is 0 Å². The zero-order valence-corrected chi connectivity index (χ0v) is 19.1. The van der Waals surface area contributed by atoms with Crippen LogP contribution in [0.25, 0.3) is 0 Å². The van der Waals surface area contributed by atoms with Gasteiger partial charge in [0.25, 0.3) is 0 Å². The lowest BCUT2D eigenvalue weighted by Crippen LogP contribution is -2.56. The third kappa shape index (κ3) is 2.67. The quantitative estimate of drug-likeness (QED) is 0.399. The van der Waals surface area contributed by atoms with Gasteiger partial charge >= 0.3 is 17.9 Å². The van der Waals surface area contributed by atoms with Gasteiger partial charge < -0.3 is 14.2 Å². The van der Waals surface area contributed by atoms with Gasteiger partial charge in [0, 0.05) is 31.6 Å². The largest absolute Gasteiger partial charge is 0.458 e. The van der Waals surface area contributed by atoms with Crippen molar-refractivity contribution in [3.63, 3.8) is 0 Å². The lowest BCUT2D eigenvalue weighted by molar-refractivity contribution is -0.188. The number of allylic oxidation sites excluding steroid dienone is 1. The van der Waals surface area contributed by atoms with Crippen LogP contribution in [0.4, 0.5) is 0 Å². The van der Waals surface area contributed by atoms with Crippen LogP contribution in [-0.2, 0) is 30.3 Å². The number of hydrogen-bond acceptors (Lipinski definition) is 6. The van der Waals surface area contributed by atoms with Crippen molar-refractivity contribution < 1.29 is 28.6 Å². The minimum Gasteiger partial charge on any atom is -0.458 e. The summed E-state index contributed by atoms with van der Waals surface area (Å²) in [7, 11) is 0. The van der Waals surface area contributed by atoms with E-state index in [1.165, 1.54) is 31.9 Å². The summed E-state index contributed by atoms with van der Waals surface area (Å²) < 4.78 is 17.1. The number of benzene rings is 1. The van der Waals surface area contributed by atoms with Crippen molar-refractivity contribution in [3.8, 4) is 5.75 Å². The van der Waals surface area contributed by atoms with Crippen LogP contribution >= 0.6 is 0 Å². The molecule has 6 atom stereocenters. The molecule has 32 heavy (non-hydrogen) atoms. The van der Waals surface area contributed by atoms with E-state index in [0.29, 0.717) is 24.0 Å². The van der Waals surface area contributed by atoms with Crippen LogP contribution in [0, 0.1) is 16.7 Å². The van der Waals surface area contributed by atoms with Crippen molar-refractivity contribution in [3.05, 3.63) is 41.5 Å². The molecule has 170 valence electrons. The molecule has 0 unspecified atom stereocenters. The normalized spacial score (nSPS) is 38.3. The Morgan fingerprint density at radius 3 is 2.47 bits per heavy atom. The number of fused-ring (bicyclic) bond motifs is 3. The van der Waals surface area contributed by atoms with E-state index in [-0.39, 0.29) is 28.7 Å². The average molecular weight is 439 g/mol. The monoisotopic (exact) mass is 438 g/mol. The van der Waals surface area contributed by atoms with Crippen molar-refractivity contribution in [2.24, 2.45) is 16.7 Å². The Labute approximate surface area is 188 Å². The Morgan fingerprint density at radius 1 is 1.00 bits per heavy atom. The first-order valence-corrected chi connectivity index (χ1v) is 11.5. The number of carbonyl (C=O) groups excluding carboxylic acids is 3. The fourth-order valence-corrected chi connectivity index (χ4v) is 7.65. The Hall–Kier alpha value is -2.63. The number of carbonyl (C=O) groups is 3. The molecule has 5 rings (SSSR count). The summed E-state index contributed by atoms with van der Waals surface area (Å²) >= 11 is 0. The van der Waals surface area contributed by atoms with Crippen molar-refractivity contribution in [1.82, 2.24) is 0 Å². The Balaban J connectivity index is 1.54. The molecule has 6 nitrogen and oxygen atoms in total. The van der Waals surface area contributed by atoms with Gasteiger partial charge in [-0.3, -0.25) is 14.4 Å². The standard InChI is InChI=1S/C26H30O6/c1-15(27)30-19-6-7-20-18(13-19)5-8-22-21(20)9-10-24(4)25(22)11-12-26(24,32-17(3)29)23(14-25)31-16(2)28/h6-7,11-13,21-23H,5,8-10,14H2,1-4H3/t21-,22-,23+,24+,25+,26+/m1/s1. The molecule has 0 saturated heterocycles. The molecule has 4 aliphatic rings. The predicted octanol–water partition coefficient (Wildman–Crippen LogP) is 4.25. The van der Waals surface area contributed by atoms with Gasteiger partial charge in [-0.15, -0.1) is 0 Å². The number of esters is 3. The molecule has 0 amide bonds. The van der Waals surface area contributed by atoms with Gasteiger partial charge in [-0.2, -0.15) is 0 Å². The Bertz CT molecular complexity index is 1040. The summed E-state index contributed by atoms with van der Waals surface area (Å²) in [6, 6.07) is 6.00. The average Bonchev–Trinajstić information content (AvgIpc) is 3.06. The zero-order valence-electron chi connectivity index (χ0n) is 19.1. The van der Waals surface area contributed by atoms with E-state index in [4.69, 9.17) is 14.2 Å². The van der Waals surface area contributed by atoms with E-state index < -0.39 is 11.7 Å². The molecule has 0 radical (unpaired) electrons. The summed E-state index contributed by atoms with van der Waals surface area (Å²) in [6.07, 6.45) is 8.23.